The van der Waals surface area contributed by atoms with Gasteiger partial charge in [-0.15, -0.1) is 11.3 Å². The van der Waals surface area contributed by atoms with E-state index in [1.807, 2.05) is 17.5 Å². The summed E-state index contributed by atoms with van der Waals surface area (Å²) >= 11 is 1.82. The monoisotopic (exact) mass is 362 g/mol. The Balaban J connectivity index is 1.63. The number of ether oxygens (including phenoxy) is 1. The quantitative estimate of drug-likeness (QED) is 0.767. The third-order valence-electron chi connectivity index (χ3n) is 4.69. The van der Waals surface area contributed by atoms with Crippen LogP contribution in [-0.4, -0.2) is 47.2 Å². The second-order valence-electron chi connectivity index (χ2n) is 6.48. The van der Waals surface area contributed by atoms with Crippen molar-refractivity contribution < 1.29 is 9.53 Å². The van der Waals surface area contributed by atoms with Crippen molar-refractivity contribution in [2.24, 2.45) is 0 Å². The van der Waals surface area contributed by atoms with Crippen molar-refractivity contribution in [1.29, 1.82) is 0 Å². The third kappa shape index (κ3) is 4.29. The van der Waals surface area contributed by atoms with E-state index in [1.165, 1.54) is 10.4 Å². The molecule has 1 unspecified atom stereocenters. The van der Waals surface area contributed by atoms with Gasteiger partial charge in [0.15, 0.2) is 0 Å². The first-order valence-electron chi connectivity index (χ1n) is 8.67. The van der Waals surface area contributed by atoms with Gasteiger partial charge in [-0.25, -0.2) is 4.98 Å². The van der Waals surface area contributed by atoms with Crippen molar-refractivity contribution in [3.05, 3.63) is 39.6 Å². The molecule has 2 aromatic rings. The third-order valence-corrected chi connectivity index (χ3v) is 5.70. The van der Waals surface area contributed by atoms with Crippen LogP contribution in [0.1, 0.15) is 34.9 Å². The summed E-state index contributed by atoms with van der Waals surface area (Å²) in [7, 11) is 1.63. The molecule has 0 saturated carbocycles. The highest BCUT2D eigenvalue weighted by Gasteiger charge is 2.27. The molecule has 0 aromatic carbocycles. The molecule has 1 aliphatic rings. The number of aromatic nitrogens is 2. The fraction of sp³-hybridized carbons (Fsp3) is 0.556. The van der Waals surface area contributed by atoms with Gasteiger partial charge in [-0.05, 0) is 30.9 Å². The molecule has 1 atom stereocenters. The Morgan fingerprint density at radius 2 is 2.32 bits per heavy atom. The number of fused-ring (bicyclic) bond motifs is 1. The molecular formula is C18H26N4O2S. The van der Waals surface area contributed by atoms with Gasteiger partial charge in [-0.2, -0.15) is 0 Å². The molecule has 136 valence electrons. The van der Waals surface area contributed by atoms with Crippen LogP contribution in [0.15, 0.2) is 17.6 Å². The molecular weight excluding hydrogens is 336 g/mol. The van der Waals surface area contributed by atoms with E-state index in [9.17, 15) is 4.79 Å². The average Bonchev–Trinajstić information content (AvgIpc) is 3.17. The summed E-state index contributed by atoms with van der Waals surface area (Å²) in [6, 6.07) is 2.43. The molecule has 3 heterocycles. The maximum atomic E-state index is 12.0. The van der Waals surface area contributed by atoms with Crippen LogP contribution in [0.3, 0.4) is 0 Å². The van der Waals surface area contributed by atoms with Gasteiger partial charge in [0.2, 0.25) is 5.91 Å². The minimum absolute atomic E-state index is 0.00813. The number of hydrogen-bond donors (Lipinski definition) is 1. The number of nitrogens with one attached hydrogen (secondary N) is 1. The molecule has 0 radical (unpaired) electrons. The zero-order valence-electron chi connectivity index (χ0n) is 15.1. The number of nitrogens with zero attached hydrogens (tertiary/aromatic N) is 3. The molecule has 6 nitrogen and oxygen atoms in total. The molecule has 0 bridgehead atoms. The van der Waals surface area contributed by atoms with Crippen molar-refractivity contribution in [3.63, 3.8) is 0 Å². The summed E-state index contributed by atoms with van der Waals surface area (Å²) in [4.78, 5) is 20.6. The predicted octanol–water partition coefficient (Wildman–Crippen LogP) is 2.13. The van der Waals surface area contributed by atoms with Crippen LogP contribution in [0.25, 0.3) is 0 Å². The first kappa shape index (κ1) is 18.1. The number of thiophene rings is 1. The minimum Gasteiger partial charge on any atom is -0.383 e. The topological polar surface area (TPSA) is 59.4 Å². The van der Waals surface area contributed by atoms with E-state index in [4.69, 9.17) is 9.72 Å². The Morgan fingerprint density at radius 1 is 1.48 bits per heavy atom. The van der Waals surface area contributed by atoms with E-state index < -0.39 is 0 Å². The zero-order valence-corrected chi connectivity index (χ0v) is 15.9. The van der Waals surface area contributed by atoms with Gasteiger partial charge < -0.3 is 14.6 Å². The normalized spacial score (nSPS) is 17.5. The van der Waals surface area contributed by atoms with Crippen LogP contribution in [0.2, 0.25) is 0 Å². The highest BCUT2D eigenvalue weighted by atomic mass is 32.1. The first-order chi connectivity index (χ1) is 12.1. The Labute approximate surface area is 152 Å². The SMILES string of the molecule is COCCNC(=O)Cc1cn2c(n1)C(C)N(Cc1sccc1C)CC2. The molecule has 0 saturated heterocycles. The zero-order chi connectivity index (χ0) is 17.8. The molecule has 25 heavy (non-hydrogen) atoms. The van der Waals surface area contributed by atoms with Crippen molar-refractivity contribution in [2.75, 3.05) is 26.8 Å². The lowest BCUT2D eigenvalue weighted by molar-refractivity contribution is -0.120. The highest BCUT2D eigenvalue weighted by molar-refractivity contribution is 7.10. The van der Waals surface area contributed by atoms with Crippen molar-refractivity contribution in [3.8, 4) is 0 Å². The molecule has 1 amide bonds. The predicted molar refractivity (Wildman–Crippen MR) is 98.7 cm³/mol. The molecule has 2 aromatic heterocycles. The maximum absolute atomic E-state index is 12.0. The summed E-state index contributed by atoms with van der Waals surface area (Å²) < 4.78 is 7.14. The van der Waals surface area contributed by atoms with Crippen molar-refractivity contribution in [1.82, 2.24) is 19.8 Å². The van der Waals surface area contributed by atoms with Crippen LogP contribution in [0.4, 0.5) is 0 Å². The van der Waals surface area contributed by atoms with Gasteiger partial charge in [0.05, 0.1) is 24.8 Å². The van der Waals surface area contributed by atoms with E-state index in [0.29, 0.717) is 19.6 Å². The summed E-state index contributed by atoms with van der Waals surface area (Å²) in [5, 5.41) is 5.00. The number of hydrogen-bond acceptors (Lipinski definition) is 5. The smallest absolute Gasteiger partial charge is 0.226 e. The van der Waals surface area contributed by atoms with Gasteiger partial charge in [-0.1, -0.05) is 0 Å². The van der Waals surface area contributed by atoms with E-state index in [0.717, 1.165) is 31.2 Å². The Hall–Kier alpha value is -1.70. The van der Waals surface area contributed by atoms with Crippen LogP contribution in [0.5, 0.6) is 0 Å². The van der Waals surface area contributed by atoms with Crippen LogP contribution < -0.4 is 5.32 Å². The largest absolute Gasteiger partial charge is 0.383 e. The Kier molecular flexibility index (Phi) is 5.88. The fourth-order valence-electron chi connectivity index (χ4n) is 3.16. The van der Waals surface area contributed by atoms with Crippen LogP contribution >= 0.6 is 11.3 Å². The first-order valence-corrected chi connectivity index (χ1v) is 9.55. The standard InChI is InChI=1S/C18H26N4O2S/c1-13-4-9-25-16(13)12-21-6-7-22-11-15(20-18(22)14(21)2)10-17(23)19-5-8-24-3/h4,9,11,14H,5-8,10,12H2,1-3H3,(H,19,23). The number of amides is 1. The van der Waals surface area contributed by atoms with Gasteiger partial charge in [0, 0.05) is 44.4 Å². The lowest BCUT2D eigenvalue weighted by Gasteiger charge is -2.33. The summed E-state index contributed by atoms with van der Waals surface area (Å²) in [6.45, 7) is 8.31. The highest BCUT2D eigenvalue weighted by Crippen LogP contribution is 2.28. The second-order valence-corrected chi connectivity index (χ2v) is 7.48. The number of carbonyl (C=O) groups is 1. The van der Waals surface area contributed by atoms with Crippen molar-refractivity contribution >= 4 is 17.2 Å². The lowest BCUT2D eigenvalue weighted by Crippen LogP contribution is -2.36. The average molecular weight is 362 g/mol. The maximum Gasteiger partial charge on any atom is 0.226 e. The number of aryl methyl sites for hydroxylation is 1. The van der Waals surface area contributed by atoms with E-state index in [-0.39, 0.29) is 11.9 Å². The fourth-order valence-corrected chi connectivity index (χ4v) is 4.09. The molecule has 0 fully saturated rings. The molecule has 7 heteroatoms. The number of carbonyl (C=O) groups excluding carboxylic acids is 1. The van der Waals surface area contributed by atoms with Gasteiger partial charge in [0.25, 0.3) is 0 Å². The van der Waals surface area contributed by atoms with Gasteiger partial charge >= 0.3 is 0 Å². The molecule has 0 aliphatic carbocycles. The van der Waals surface area contributed by atoms with Crippen molar-refractivity contribution in [2.45, 2.75) is 39.4 Å². The summed E-state index contributed by atoms with van der Waals surface area (Å²) in [5.74, 6) is 1.05. The van der Waals surface area contributed by atoms with Gasteiger partial charge in [-0.3, -0.25) is 9.69 Å². The number of methoxy groups -OCH3 is 1. The number of imidazole rings is 1. The van der Waals surface area contributed by atoms with Gasteiger partial charge in [0.1, 0.15) is 5.82 Å². The Morgan fingerprint density at radius 3 is 3.04 bits per heavy atom. The lowest BCUT2D eigenvalue weighted by atomic mass is 10.2. The van der Waals surface area contributed by atoms with Crippen LogP contribution in [0, 0.1) is 6.92 Å². The van der Waals surface area contributed by atoms with E-state index in [1.54, 1.807) is 7.11 Å². The summed E-state index contributed by atoms with van der Waals surface area (Å²) in [5.41, 5.74) is 2.20. The van der Waals surface area contributed by atoms with E-state index in [2.05, 4.69) is 40.1 Å². The van der Waals surface area contributed by atoms with E-state index >= 15 is 0 Å². The second kappa shape index (κ2) is 8.12. The summed E-state index contributed by atoms with van der Waals surface area (Å²) in [6.07, 6.45) is 2.34. The Bertz CT molecular complexity index is 724. The molecule has 3 rings (SSSR count). The minimum atomic E-state index is -0.00813. The number of rotatable bonds is 7. The molecule has 1 aliphatic heterocycles. The van der Waals surface area contributed by atoms with Crippen LogP contribution in [-0.2, 0) is 29.0 Å². The molecule has 0 spiro atoms. The molecule has 1 N–H and O–H groups in total.